The summed E-state index contributed by atoms with van der Waals surface area (Å²) in [6.07, 6.45) is 0. The fourth-order valence-corrected chi connectivity index (χ4v) is 3.93. The zero-order valence-electron chi connectivity index (χ0n) is 11.6. The maximum absolute atomic E-state index is 12.5. The highest BCUT2D eigenvalue weighted by molar-refractivity contribution is 7.89. The van der Waals surface area contributed by atoms with Crippen LogP contribution in [0.15, 0.2) is 59.5 Å². The van der Waals surface area contributed by atoms with Crippen molar-refractivity contribution in [3.8, 4) is 0 Å². The molecule has 0 bridgehead atoms. The van der Waals surface area contributed by atoms with Crippen LogP contribution in [0.2, 0.25) is 0 Å². The monoisotopic (exact) mass is 301 g/mol. The molecule has 5 heteroatoms. The summed E-state index contributed by atoms with van der Waals surface area (Å²) in [4.78, 5) is 2.53. The number of nitrogens with zero attached hydrogens (tertiary/aromatic N) is 2. The molecular formula is C16H17N2O2S. The van der Waals surface area contributed by atoms with Gasteiger partial charge in [-0.1, -0.05) is 36.4 Å². The lowest BCUT2D eigenvalue weighted by atomic mass is 10.2. The van der Waals surface area contributed by atoms with E-state index in [4.69, 9.17) is 0 Å². The van der Waals surface area contributed by atoms with Crippen molar-refractivity contribution in [2.24, 2.45) is 0 Å². The molecule has 0 spiro atoms. The van der Waals surface area contributed by atoms with Crippen molar-refractivity contribution in [1.29, 1.82) is 0 Å². The second-order valence-corrected chi connectivity index (χ2v) is 6.89. The average Bonchev–Trinajstić information content (AvgIpc) is 2.57. The molecule has 0 unspecified atom stereocenters. The lowest BCUT2D eigenvalue weighted by molar-refractivity contribution is 0.385. The summed E-state index contributed by atoms with van der Waals surface area (Å²) in [5.41, 5.74) is 1.02. The number of hydrogen-bond donors (Lipinski definition) is 0. The van der Waals surface area contributed by atoms with Crippen LogP contribution >= 0.6 is 0 Å². The molecule has 3 rings (SSSR count). The molecule has 1 heterocycles. The van der Waals surface area contributed by atoms with Crippen molar-refractivity contribution < 1.29 is 8.42 Å². The maximum Gasteiger partial charge on any atom is 0.243 e. The molecule has 2 aromatic rings. The Hall–Kier alpha value is -1.85. The number of sulfonamides is 1. The maximum atomic E-state index is 12.5. The van der Waals surface area contributed by atoms with Gasteiger partial charge in [0.25, 0.3) is 0 Å². The van der Waals surface area contributed by atoms with Crippen molar-refractivity contribution in [3.63, 3.8) is 0 Å². The summed E-state index contributed by atoms with van der Waals surface area (Å²) in [6.45, 7) is 2.37. The van der Waals surface area contributed by atoms with Crippen molar-refractivity contribution in [1.82, 2.24) is 4.31 Å². The summed E-state index contributed by atoms with van der Waals surface area (Å²) in [7, 11) is -3.37. The second-order valence-electron chi connectivity index (χ2n) is 4.95. The molecule has 21 heavy (non-hydrogen) atoms. The predicted molar refractivity (Wildman–Crippen MR) is 82.7 cm³/mol. The van der Waals surface area contributed by atoms with E-state index in [1.807, 2.05) is 30.3 Å². The normalized spacial score (nSPS) is 16.9. The first-order valence-electron chi connectivity index (χ1n) is 6.95. The Morgan fingerprint density at radius 2 is 1.52 bits per heavy atom. The summed E-state index contributed by atoms with van der Waals surface area (Å²) < 4.78 is 26.6. The minimum Gasteiger partial charge on any atom is -0.368 e. The third-order valence-electron chi connectivity index (χ3n) is 3.65. The van der Waals surface area contributed by atoms with E-state index < -0.39 is 10.0 Å². The largest absolute Gasteiger partial charge is 0.368 e. The number of rotatable bonds is 3. The highest BCUT2D eigenvalue weighted by Crippen LogP contribution is 2.20. The number of anilines is 1. The van der Waals surface area contributed by atoms with Gasteiger partial charge in [-0.3, -0.25) is 0 Å². The minimum absolute atomic E-state index is 0.365. The minimum atomic E-state index is -3.37. The van der Waals surface area contributed by atoms with Crippen molar-refractivity contribution >= 4 is 15.7 Å². The summed E-state index contributed by atoms with van der Waals surface area (Å²) in [6, 6.07) is 19.6. The van der Waals surface area contributed by atoms with Crippen LogP contribution in [0.5, 0.6) is 0 Å². The topological polar surface area (TPSA) is 40.6 Å². The van der Waals surface area contributed by atoms with E-state index in [2.05, 4.69) is 11.0 Å². The van der Waals surface area contributed by atoms with Gasteiger partial charge in [0.1, 0.15) is 0 Å². The van der Waals surface area contributed by atoms with E-state index in [0.717, 1.165) is 5.69 Å². The quantitative estimate of drug-likeness (QED) is 0.870. The fourth-order valence-electron chi connectivity index (χ4n) is 2.49. The molecule has 0 aromatic heterocycles. The molecule has 0 N–H and O–H groups in total. The number of hydrogen-bond acceptors (Lipinski definition) is 3. The van der Waals surface area contributed by atoms with Crippen LogP contribution in [0.25, 0.3) is 0 Å². The molecule has 1 radical (unpaired) electrons. The van der Waals surface area contributed by atoms with Crippen molar-refractivity contribution in [2.45, 2.75) is 4.90 Å². The van der Waals surface area contributed by atoms with Crippen LogP contribution in [0, 0.1) is 6.07 Å². The Morgan fingerprint density at radius 3 is 2.14 bits per heavy atom. The van der Waals surface area contributed by atoms with Crippen LogP contribution in [-0.4, -0.2) is 38.9 Å². The van der Waals surface area contributed by atoms with Gasteiger partial charge >= 0.3 is 0 Å². The predicted octanol–water partition coefficient (Wildman–Crippen LogP) is 2.00. The Morgan fingerprint density at radius 1 is 0.857 bits per heavy atom. The molecule has 1 fully saturated rings. The number of benzene rings is 2. The van der Waals surface area contributed by atoms with E-state index in [1.54, 1.807) is 28.6 Å². The average molecular weight is 301 g/mol. The lowest BCUT2D eigenvalue weighted by Gasteiger charge is -2.35. The Kier molecular flexibility index (Phi) is 3.94. The van der Waals surface area contributed by atoms with E-state index >= 15 is 0 Å². The van der Waals surface area contributed by atoms with E-state index in [9.17, 15) is 8.42 Å². The molecule has 1 aliphatic heterocycles. The van der Waals surface area contributed by atoms with Gasteiger partial charge < -0.3 is 4.90 Å². The van der Waals surface area contributed by atoms with E-state index in [1.165, 1.54) is 0 Å². The standard InChI is InChI=1S/C16H17N2O2S/c19-21(20,16-9-5-2-6-10-16)18-13-11-17(12-14-18)15-7-3-1-4-8-15/h1-7,9-10H,11-14H2. The van der Waals surface area contributed by atoms with Crippen LogP contribution in [0.1, 0.15) is 0 Å². The third kappa shape index (κ3) is 2.94. The molecule has 2 aromatic carbocycles. The molecule has 1 aliphatic rings. The number of piperazine rings is 1. The SMILES string of the molecule is O=S(=O)(c1ccccc1)N1CCN(c2[c]cccc2)CC1. The van der Waals surface area contributed by atoms with Gasteiger partial charge in [-0.2, -0.15) is 4.31 Å². The smallest absolute Gasteiger partial charge is 0.243 e. The van der Waals surface area contributed by atoms with Gasteiger partial charge in [-0.05, 0) is 18.2 Å². The van der Waals surface area contributed by atoms with Gasteiger partial charge in [-0.15, -0.1) is 0 Å². The first-order valence-corrected chi connectivity index (χ1v) is 8.39. The molecule has 0 atom stereocenters. The molecule has 1 saturated heterocycles. The number of para-hydroxylation sites is 1. The molecule has 109 valence electrons. The van der Waals surface area contributed by atoms with Crippen LogP contribution in [-0.2, 0) is 10.0 Å². The first-order chi connectivity index (χ1) is 10.2. The fraction of sp³-hybridized carbons (Fsp3) is 0.250. The van der Waals surface area contributed by atoms with Crippen LogP contribution in [0.3, 0.4) is 0 Å². The molecule has 0 saturated carbocycles. The summed E-state index contributed by atoms with van der Waals surface area (Å²) >= 11 is 0. The first kappa shape index (κ1) is 14.1. The van der Waals surface area contributed by atoms with Gasteiger partial charge in [0.15, 0.2) is 0 Å². The third-order valence-corrected chi connectivity index (χ3v) is 5.57. The highest BCUT2D eigenvalue weighted by Gasteiger charge is 2.28. The van der Waals surface area contributed by atoms with Gasteiger partial charge in [0, 0.05) is 37.9 Å². The van der Waals surface area contributed by atoms with Gasteiger partial charge in [0.2, 0.25) is 10.0 Å². The molecule has 4 nitrogen and oxygen atoms in total. The lowest BCUT2D eigenvalue weighted by Crippen LogP contribution is -2.48. The van der Waals surface area contributed by atoms with Crippen molar-refractivity contribution in [2.75, 3.05) is 31.1 Å². The molecule has 0 aliphatic carbocycles. The zero-order valence-corrected chi connectivity index (χ0v) is 12.5. The highest BCUT2D eigenvalue weighted by atomic mass is 32.2. The summed E-state index contributed by atoms with van der Waals surface area (Å²) in [5.74, 6) is 0. The Labute approximate surface area is 125 Å². The van der Waals surface area contributed by atoms with Gasteiger partial charge in [-0.25, -0.2) is 8.42 Å². The Balaban J connectivity index is 1.72. The van der Waals surface area contributed by atoms with Crippen LogP contribution < -0.4 is 4.90 Å². The molecule has 0 amide bonds. The van der Waals surface area contributed by atoms with E-state index in [0.29, 0.717) is 31.1 Å². The summed E-state index contributed by atoms with van der Waals surface area (Å²) in [5, 5.41) is 0. The molecular weight excluding hydrogens is 284 g/mol. The van der Waals surface area contributed by atoms with Gasteiger partial charge in [0.05, 0.1) is 4.90 Å². The second kappa shape index (κ2) is 5.87. The Bertz CT molecular complexity index is 679. The van der Waals surface area contributed by atoms with Crippen molar-refractivity contribution in [3.05, 3.63) is 60.7 Å². The zero-order chi connectivity index (χ0) is 14.7. The van der Waals surface area contributed by atoms with Crippen LogP contribution in [0.4, 0.5) is 5.69 Å². The van der Waals surface area contributed by atoms with E-state index in [-0.39, 0.29) is 0 Å².